The number of hydrogen-bond acceptors (Lipinski definition) is 6. The predicted molar refractivity (Wildman–Crippen MR) is 122 cm³/mol. The largest absolute Gasteiger partial charge is 0.452 e. The van der Waals surface area contributed by atoms with Crippen molar-refractivity contribution in [3.05, 3.63) is 70.4 Å². The van der Waals surface area contributed by atoms with Crippen LogP contribution in [0, 0.1) is 6.92 Å². The standard InChI is InChI=1S/C24H23N3O3S/c1-3-17-23(15(2)16-8-4-5-9-18(16)26-17)24(29)30-14-21(28)25-13-12-22-27-19-10-6-7-11-20(19)31-22/h4-11H,3,12-14H2,1-2H3,(H,25,28). The van der Waals surface area contributed by atoms with Crippen LogP contribution in [0.2, 0.25) is 0 Å². The van der Waals surface area contributed by atoms with Gasteiger partial charge in [0.15, 0.2) is 6.61 Å². The van der Waals surface area contributed by atoms with Gasteiger partial charge in [0.25, 0.3) is 5.91 Å². The number of fused-ring (bicyclic) bond motifs is 2. The lowest BCUT2D eigenvalue weighted by Gasteiger charge is -2.13. The molecular formula is C24H23N3O3S. The van der Waals surface area contributed by atoms with Gasteiger partial charge in [-0.3, -0.25) is 9.78 Å². The summed E-state index contributed by atoms with van der Waals surface area (Å²) in [7, 11) is 0. The van der Waals surface area contributed by atoms with Crippen molar-refractivity contribution < 1.29 is 14.3 Å². The highest BCUT2D eigenvalue weighted by Crippen LogP contribution is 2.24. The normalized spacial score (nSPS) is 11.0. The number of amides is 1. The third-order valence-electron chi connectivity index (χ3n) is 5.10. The van der Waals surface area contributed by atoms with E-state index in [9.17, 15) is 9.59 Å². The minimum atomic E-state index is -0.520. The van der Waals surface area contributed by atoms with Crippen LogP contribution < -0.4 is 5.32 Å². The van der Waals surface area contributed by atoms with Crippen LogP contribution in [0.15, 0.2) is 48.5 Å². The van der Waals surface area contributed by atoms with Gasteiger partial charge in [-0.05, 0) is 37.1 Å². The third-order valence-corrected chi connectivity index (χ3v) is 6.20. The lowest BCUT2D eigenvalue weighted by atomic mass is 10.0. The summed E-state index contributed by atoms with van der Waals surface area (Å²) in [5.74, 6) is -0.854. The first kappa shape index (κ1) is 20.9. The number of carbonyl (C=O) groups excluding carboxylic acids is 2. The molecule has 7 heteroatoms. The van der Waals surface area contributed by atoms with Crippen LogP contribution in [0.4, 0.5) is 0 Å². The quantitative estimate of drug-likeness (QED) is 0.441. The van der Waals surface area contributed by atoms with Gasteiger partial charge in [0.05, 0.1) is 32.0 Å². The highest BCUT2D eigenvalue weighted by molar-refractivity contribution is 7.18. The molecule has 4 rings (SSSR count). The highest BCUT2D eigenvalue weighted by Gasteiger charge is 2.20. The number of hydrogen-bond donors (Lipinski definition) is 1. The Morgan fingerprint density at radius 1 is 1.03 bits per heavy atom. The number of para-hydroxylation sites is 2. The first-order valence-electron chi connectivity index (χ1n) is 10.2. The van der Waals surface area contributed by atoms with Gasteiger partial charge in [-0.1, -0.05) is 37.3 Å². The Labute approximate surface area is 184 Å². The first-order valence-corrected chi connectivity index (χ1v) is 11.0. The molecule has 6 nitrogen and oxygen atoms in total. The summed E-state index contributed by atoms with van der Waals surface area (Å²) in [6.07, 6.45) is 1.23. The highest BCUT2D eigenvalue weighted by atomic mass is 32.1. The summed E-state index contributed by atoms with van der Waals surface area (Å²) >= 11 is 1.62. The number of rotatable bonds is 7. The molecule has 2 aromatic carbocycles. The van der Waals surface area contributed by atoms with Crippen molar-refractivity contribution in [1.82, 2.24) is 15.3 Å². The first-order chi connectivity index (χ1) is 15.1. The van der Waals surface area contributed by atoms with Crippen LogP contribution in [0.3, 0.4) is 0 Å². The summed E-state index contributed by atoms with van der Waals surface area (Å²) in [6, 6.07) is 15.6. The number of benzene rings is 2. The van der Waals surface area contributed by atoms with Crippen molar-refractivity contribution in [3.8, 4) is 0 Å². The number of aryl methyl sites for hydroxylation is 2. The minimum Gasteiger partial charge on any atom is -0.452 e. The summed E-state index contributed by atoms with van der Waals surface area (Å²) in [5, 5.41) is 4.66. The van der Waals surface area contributed by atoms with E-state index < -0.39 is 5.97 Å². The van der Waals surface area contributed by atoms with Gasteiger partial charge in [0.2, 0.25) is 0 Å². The van der Waals surface area contributed by atoms with E-state index >= 15 is 0 Å². The van der Waals surface area contributed by atoms with Crippen molar-refractivity contribution >= 4 is 44.3 Å². The number of pyridine rings is 1. The molecule has 0 aliphatic carbocycles. The van der Waals surface area contributed by atoms with Gasteiger partial charge in [-0.15, -0.1) is 11.3 Å². The Kier molecular flexibility index (Phi) is 6.23. The number of nitrogens with zero attached hydrogens (tertiary/aromatic N) is 2. The fraction of sp³-hybridized carbons (Fsp3) is 0.250. The molecule has 158 valence electrons. The Morgan fingerprint density at radius 2 is 1.77 bits per heavy atom. The topological polar surface area (TPSA) is 81.2 Å². The average Bonchev–Trinajstić information content (AvgIpc) is 3.20. The number of aromatic nitrogens is 2. The Balaban J connectivity index is 1.35. The molecule has 0 saturated carbocycles. The Morgan fingerprint density at radius 3 is 2.55 bits per heavy atom. The maximum atomic E-state index is 12.7. The fourth-order valence-electron chi connectivity index (χ4n) is 3.56. The molecule has 2 aromatic heterocycles. The molecule has 0 atom stereocenters. The van der Waals surface area contributed by atoms with Gasteiger partial charge in [0.1, 0.15) is 0 Å². The second-order valence-electron chi connectivity index (χ2n) is 7.18. The van der Waals surface area contributed by atoms with E-state index in [1.165, 1.54) is 0 Å². The maximum absolute atomic E-state index is 12.7. The fourth-order valence-corrected chi connectivity index (χ4v) is 4.52. The van der Waals surface area contributed by atoms with Crippen LogP contribution in [-0.2, 0) is 22.4 Å². The average molecular weight is 434 g/mol. The van der Waals surface area contributed by atoms with Crippen molar-refractivity contribution in [1.29, 1.82) is 0 Å². The van der Waals surface area contributed by atoms with E-state index in [0.717, 1.165) is 31.7 Å². The molecule has 31 heavy (non-hydrogen) atoms. The maximum Gasteiger partial charge on any atom is 0.340 e. The molecule has 0 bridgehead atoms. The van der Waals surface area contributed by atoms with Gasteiger partial charge < -0.3 is 10.1 Å². The molecule has 0 fully saturated rings. The number of ether oxygens (including phenoxy) is 1. The van der Waals surface area contributed by atoms with Gasteiger partial charge in [-0.25, -0.2) is 9.78 Å². The molecular weight excluding hydrogens is 410 g/mol. The zero-order valence-corrected chi connectivity index (χ0v) is 18.3. The molecule has 0 unspecified atom stereocenters. The Hall–Kier alpha value is -3.32. The van der Waals surface area contributed by atoms with E-state index in [1.54, 1.807) is 11.3 Å². The van der Waals surface area contributed by atoms with E-state index in [-0.39, 0.29) is 12.5 Å². The zero-order chi connectivity index (χ0) is 21.8. The van der Waals surface area contributed by atoms with Crippen molar-refractivity contribution in [2.75, 3.05) is 13.2 Å². The van der Waals surface area contributed by atoms with E-state index in [0.29, 0.717) is 30.6 Å². The second-order valence-corrected chi connectivity index (χ2v) is 8.30. The second kappa shape index (κ2) is 9.22. The van der Waals surface area contributed by atoms with E-state index in [2.05, 4.69) is 15.3 Å². The molecule has 1 N–H and O–H groups in total. The number of carbonyl (C=O) groups is 2. The molecule has 0 aliphatic heterocycles. The van der Waals surface area contributed by atoms with Crippen molar-refractivity contribution in [2.24, 2.45) is 0 Å². The summed E-state index contributed by atoms with van der Waals surface area (Å²) < 4.78 is 6.44. The summed E-state index contributed by atoms with van der Waals surface area (Å²) in [4.78, 5) is 34.1. The minimum absolute atomic E-state index is 0.325. The lowest BCUT2D eigenvalue weighted by molar-refractivity contribution is -0.124. The zero-order valence-electron chi connectivity index (χ0n) is 17.5. The smallest absolute Gasteiger partial charge is 0.340 e. The van der Waals surface area contributed by atoms with Crippen LogP contribution in [0.5, 0.6) is 0 Å². The molecule has 0 radical (unpaired) electrons. The van der Waals surface area contributed by atoms with E-state index in [1.807, 2.05) is 62.4 Å². The van der Waals surface area contributed by atoms with Crippen LogP contribution >= 0.6 is 11.3 Å². The number of thiazole rings is 1. The van der Waals surface area contributed by atoms with Crippen LogP contribution in [0.25, 0.3) is 21.1 Å². The SMILES string of the molecule is CCc1nc2ccccc2c(C)c1C(=O)OCC(=O)NCCc1nc2ccccc2s1. The summed E-state index contributed by atoms with van der Waals surface area (Å²) in [6.45, 7) is 3.95. The number of nitrogens with one attached hydrogen (secondary N) is 1. The summed E-state index contributed by atoms with van der Waals surface area (Å²) in [5.41, 5.74) is 3.76. The monoisotopic (exact) mass is 433 g/mol. The van der Waals surface area contributed by atoms with Crippen LogP contribution in [0.1, 0.15) is 33.5 Å². The van der Waals surface area contributed by atoms with Gasteiger partial charge in [0, 0.05) is 18.4 Å². The van der Waals surface area contributed by atoms with Gasteiger partial charge in [-0.2, -0.15) is 0 Å². The molecule has 4 aromatic rings. The van der Waals surface area contributed by atoms with E-state index in [4.69, 9.17) is 4.74 Å². The third kappa shape index (κ3) is 4.56. The molecule has 0 spiro atoms. The molecule has 1 amide bonds. The molecule has 2 heterocycles. The van der Waals surface area contributed by atoms with Crippen molar-refractivity contribution in [2.45, 2.75) is 26.7 Å². The number of esters is 1. The van der Waals surface area contributed by atoms with Gasteiger partial charge >= 0.3 is 5.97 Å². The van der Waals surface area contributed by atoms with Crippen molar-refractivity contribution in [3.63, 3.8) is 0 Å². The molecule has 0 saturated heterocycles. The Bertz CT molecular complexity index is 1230. The predicted octanol–water partition coefficient (Wildman–Crippen LogP) is 4.23. The molecule has 0 aliphatic rings. The lowest BCUT2D eigenvalue weighted by Crippen LogP contribution is -2.30. The van der Waals surface area contributed by atoms with Crippen LogP contribution in [-0.4, -0.2) is 35.0 Å².